The molecule has 0 saturated heterocycles. The molecule has 2 heteroatoms. The van der Waals surface area contributed by atoms with Crippen LogP contribution in [0.1, 0.15) is 25.0 Å². The van der Waals surface area contributed by atoms with Gasteiger partial charge in [0.2, 0.25) is 0 Å². The molecule has 0 heterocycles. The van der Waals surface area contributed by atoms with Gasteiger partial charge >= 0.3 is 0 Å². The summed E-state index contributed by atoms with van der Waals surface area (Å²) in [4.78, 5) is 1.95. The number of rotatable bonds is 4. The lowest BCUT2D eigenvalue weighted by molar-refractivity contribution is 0.281. The highest BCUT2D eigenvalue weighted by Crippen LogP contribution is 2.41. The molecule has 0 atom stereocenters. The molecule has 0 aliphatic rings. The summed E-state index contributed by atoms with van der Waals surface area (Å²) in [5.74, 6) is 0. The lowest BCUT2D eigenvalue weighted by Gasteiger charge is -2.41. The van der Waals surface area contributed by atoms with E-state index < -0.39 is 5.54 Å². The zero-order valence-corrected chi connectivity index (χ0v) is 15.3. The highest BCUT2D eigenvalue weighted by molar-refractivity contribution is 6.06. The van der Waals surface area contributed by atoms with E-state index in [1.807, 2.05) is 4.81 Å². The fourth-order valence-corrected chi connectivity index (χ4v) is 4.07. The SMILES string of the molecule is [B]N(CC)C(C)(c1cccc2ccccc12)c1cccc2ccccc12. The molecule has 0 aromatic heterocycles. The van der Waals surface area contributed by atoms with E-state index in [-0.39, 0.29) is 0 Å². The highest BCUT2D eigenvalue weighted by Gasteiger charge is 2.34. The molecule has 0 fully saturated rings. The molecule has 26 heavy (non-hydrogen) atoms. The van der Waals surface area contributed by atoms with Crippen molar-refractivity contribution >= 4 is 29.5 Å². The van der Waals surface area contributed by atoms with Crippen molar-refractivity contribution in [2.24, 2.45) is 0 Å². The van der Waals surface area contributed by atoms with Gasteiger partial charge in [-0.25, -0.2) is 0 Å². The Morgan fingerprint density at radius 3 is 1.58 bits per heavy atom. The zero-order chi connectivity index (χ0) is 18.1. The number of fused-ring (bicyclic) bond motifs is 2. The molecule has 0 aliphatic carbocycles. The third kappa shape index (κ3) is 2.53. The summed E-state index contributed by atoms with van der Waals surface area (Å²) in [6.45, 7) is 5.09. The molecule has 0 N–H and O–H groups in total. The molecule has 0 unspecified atom stereocenters. The first-order valence-electron chi connectivity index (χ1n) is 9.15. The fraction of sp³-hybridized carbons (Fsp3) is 0.167. The molecule has 0 bridgehead atoms. The van der Waals surface area contributed by atoms with E-state index in [9.17, 15) is 0 Å². The monoisotopic (exact) mass is 335 g/mol. The molecule has 0 saturated carbocycles. The highest BCUT2D eigenvalue weighted by atomic mass is 15.1. The van der Waals surface area contributed by atoms with Crippen molar-refractivity contribution in [2.45, 2.75) is 19.4 Å². The summed E-state index contributed by atoms with van der Waals surface area (Å²) in [7, 11) is 6.63. The van der Waals surface area contributed by atoms with Crippen LogP contribution in [-0.2, 0) is 5.54 Å². The van der Waals surface area contributed by atoms with Crippen LogP contribution in [0.2, 0.25) is 0 Å². The van der Waals surface area contributed by atoms with Gasteiger partial charge in [-0.05, 0) is 46.1 Å². The Bertz CT molecular complexity index is 980. The Morgan fingerprint density at radius 1 is 0.692 bits per heavy atom. The minimum absolute atomic E-state index is 0.434. The largest absolute Gasteiger partial charge is 0.342 e. The summed E-state index contributed by atoms with van der Waals surface area (Å²) >= 11 is 0. The van der Waals surface area contributed by atoms with Crippen molar-refractivity contribution in [2.75, 3.05) is 6.54 Å². The third-order valence-corrected chi connectivity index (χ3v) is 5.54. The smallest absolute Gasteiger partial charge is 0.184 e. The maximum atomic E-state index is 6.63. The van der Waals surface area contributed by atoms with Crippen LogP contribution in [0.25, 0.3) is 21.5 Å². The molecular formula is C24H22BN. The second-order valence-electron chi connectivity index (χ2n) is 6.91. The van der Waals surface area contributed by atoms with Gasteiger partial charge in [0.25, 0.3) is 0 Å². The molecule has 0 amide bonds. The van der Waals surface area contributed by atoms with Crippen molar-refractivity contribution < 1.29 is 0 Å². The Labute approximate surface area is 156 Å². The molecule has 126 valence electrons. The van der Waals surface area contributed by atoms with Crippen LogP contribution in [0, 0.1) is 0 Å². The number of hydrogen-bond donors (Lipinski definition) is 0. The van der Waals surface area contributed by atoms with Crippen LogP contribution < -0.4 is 0 Å². The van der Waals surface area contributed by atoms with E-state index in [4.69, 9.17) is 7.98 Å². The van der Waals surface area contributed by atoms with Crippen LogP contribution in [0.4, 0.5) is 0 Å². The molecule has 4 aromatic rings. The first-order chi connectivity index (χ1) is 12.7. The molecule has 1 nitrogen and oxygen atoms in total. The average Bonchev–Trinajstić information content (AvgIpc) is 2.71. The molecular weight excluding hydrogens is 313 g/mol. The first kappa shape index (κ1) is 16.9. The Morgan fingerprint density at radius 2 is 1.12 bits per heavy atom. The maximum absolute atomic E-state index is 6.63. The van der Waals surface area contributed by atoms with Gasteiger partial charge in [-0.1, -0.05) is 91.9 Å². The van der Waals surface area contributed by atoms with E-state index in [2.05, 4.69) is 98.8 Å². The lowest BCUT2D eigenvalue weighted by Crippen LogP contribution is -2.43. The van der Waals surface area contributed by atoms with Crippen molar-refractivity contribution in [3.8, 4) is 0 Å². The van der Waals surface area contributed by atoms with Crippen molar-refractivity contribution in [1.82, 2.24) is 4.81 Å². The zero-order valence-electron chi connectivity index (χ0n) is 15.3. The molecule has 4 rings (SSSR count). The van der Waals surface area contributed by atoms with Crippen LogP contribution in [0.15, 0.2) is 84.9 Å². The topological polar surface area (TPSA) is 3.24 Å². The summed E-state index contributed by atoms with van der Waals surface area (Å²) in [5, 5.41) is 4.96. The van der Waals surface area contributed by atoms with Gasteiger partial charge in [0.15, 0.2) is 7.98 Å². The Kier molecular flexibility index (Phi) is 4.30. The Hall–Kier alpha value is -2.58. The summed E-state index contributed by atoms with van der Waals surface area (Å²) in [6.07, 6.45) is 0. The molecule has 2 radical (unpaired) electrons. The lowest BCUT2D eigenvalue weighted by atomic mass is 9.77. The van der Waals surface area contributed by atoms with Gasteiger partial charge in [0.1, 0.15) is 0 Å². The summed E-state index contributed by atoms with van der Waals surface area (Å²) in [5.41, 5.74) is 2.03. The summed E-state index contributed by atoms with van der Waals surface area (Å²) < 4.78 is 0. The third-order valence-electron chi connectivity index (χ3n) is 5.54. The number of hydrogen-bond acceptors (Lipinski definition) is 1. The van der Waals surface area contributed by atoms with Crippen molar-refractivity contribution in [1.29, 1.82) is 0 Å². The van der Waals surface area contributed by atoms with Crippen LogP contribution in [-0.4, -0.2) is 19.3 Å². The van der Waals surface area contributed by atoms with Gasteiger partial charge in [0, 0.05) is 0 Å². The van der Waals surface area contributed by atoms with E-state index in [0.717, 1.165) is 6.54 Å². The van der Waals surface area contributed by atoms with Gasteiger partial charge < -0.3 is 4.81 Å². The van der Waals surface area contributed by atoms with Gasteiger partial charge in [-0.3, -0.25) is 0 Å². The van der Waals surface area contributed by atoms with Crippen molar-refractivity contribution in [3.05, 3.63) is 96.1 Å². The number of nitrogens with zero attached hydrogens (tertiary/aromatic N) is 1. The number of benzene rings is 4. The normalized spacial score (nSPS) is 12.1. The Balaban J connectivity index is 2.09. The summed E-state index contributed by atoms with van der Waals surface area (Å²) in [6, 6.07) is 30.1. The second kappa shape index (κ2) is 6.62. The average molecular weight is 335 g/mol. The first-order valence-corrected chi connectivity index (χ1v) is 9.15. The molecule has 0 aliphatic heterocycles. The maximum Gasteiger partial charge on any atom is 0.184 e. The quantitative estimate of drug-likeness (QED) is 0.435. The predicted octanol–water partition coefficient (Wildman–Crippen LogP) is 5.66. The van der Waals surface area contributed by atoms with Crippen molar-refractivity contribution in [3.63, 3.8) is 0 Å². The van der Waals surface area contributed by atoms with Crippen LogP contribution in [0.3, 0.4) is 0 Å². The minimum atomic E-state index is -0.434. The molecule has 4 aromatic carbocycles. The molecule has 0 spiro atoms. The van der Waals surface area contributed by atoms with Gasteiger partial charge in [-0.2, -0.15) is 0 Å². The fourth-order valence-electron chi connectivity index (χ4n) is 4.07. The second-order valence-corrected chi connectivity index (χ2v) is 6.91. The van der Waals surface area contributed by atoms with E-state index >= 15 is 0 Å². The van der Waals surface area contributed by atoms with E-state index in [1.165, 1.54) is 32.7 Å². The van der Waals surface area contributed by atoms with E-state index in [0.29, 0.717) is 0 Å². The predicted molar refractivity (Wildman–Crippen MR) is 112 cm³/mol. The van der Waals surface area contributed by atoms with Gasteiger partial charge in [0.05, 0.1) is 5.54 Å². The standard InChI is InChI=1S/C24H22BN/c1-3-26(25)24(2,22-16-8-12-18-10-4-6-14-20(18)22)23-17-9-13-19-11-5-7-15-21(19)23/h4-17H,3H2,1-2H3. The van der Waals surface area contributed by atoms with E-state index in [1.54, 1.807) is 0 Å². The van der Waals surface area contributed by atoms with Crippen LogP contribution >= 0.6 is 0 Å². The minimum Gasteiger partial charge on any atom is -0.342 e. The van der Waals surface area contributed by atoms with Gasteiger partial charge in [-0.15, -0.1) is 0 Å². The van der Waals surface area contributed by atoms with Crippen LogP contribution in [0.5, 0.6) is 0 Å².